The molecule has 0 N–H and O–H groups in total. The van der Waals surface area contributed by atoms with Crippen molar-refractivity contribution in [2.24, 2.45) is 0 Å². The van der Waals surface area contributed by atoms with E-state index in [0.717, 1.165) is 24.9 Å². The summed E-state index contributed by atoms with van der Waals surface area (Å²) >= 11 is 0. The molecule has 0 spiro atoms. The smallest absolute Gasteiger partial charge is 0.317 e. The summed E-state index contributed by atoms with van der Waals surface area (Å²) in [6.07, 6.45) is 8.20. The van der Waals surface area contributed by atoms with Gasteiger partial charge in [-0.05, 0) is 63.2 Å². The van der Waals surface area contributed by atoms with E-state index in [4.69, 9.17) is 16.5 Å². The van der Waals surface area contributed by atoms with Crippen LogP contribution < -0.4 is 0 Å². The van der Waals surface area contributed by atoms with Crippen LogP contribution in [0, 0.1) is 0 Å². The molecule has 1 fully saturated rings. The second kappa shape index (κ2) is 12.3. The molecule has 0 aromatic carbocycles. The molecule has 38 heavy (non-hydrogen) atoms. The maximum Gasteiger partial charge on any atom is 0.317 e. The quantitative estimate of drug-likeness (QED) is 0.246. The van der Waals surface area contributed by atoms with Crippen LogP contribution in [0.1, 0.15) is 39.5 Å². The van der Waals surface area contributed by atoms with Gasteiger partial charge in [-0.2, -0.15) is 0 Å². The molecule has 10 nitrogen and oxygen atoms in total. The van der Waals surface area contributed by atoms with Gasteiger partial charge in [-0.25, -0.2) is 0 Å². The predicted molar refractivity (Wildman–Crippen MR) is 152 cm³/mol. The van der Waals surface area contributed by atoms with Crippen LogP contribution in [0.5, 0.6) is 0 Å². The molecule has 0 aromatic rings. The molecule has 3 rings (SSSR count). The number of rotatable bonds is 12. The zero-order chi connectivity index (χ0) is 28.2. The van der Waals surface area contributed by atoms with Crippen molar-refractivity contribution in [1.82, 2.24) is 9.80 Å². The highest BCUT2D eigenvalue weighted by Gasteiger charge is 2.56. The number of hydrogen-bond donors (Lipinski definition) is 0. The van der Waals surface area contributed by atoms with E-state index in [1.807, 2.05) is 0 Å². The Bertz CT molecular complexity index is 878. The molecule has 4 amide bonds. The van der Waals surface area contributed by atoms with E-state index in [1.165, 1.54) is 34.1 Å². The zero-order valence-electron chi connectivity index (χ0n) is 23.5. The van der Waals surface area contributed by atoms with Gasteiger partial charge in [0.25, 0.3) is 23.6 Å². The molecule has 3 aliphatic rings. The normalized spacial score (nSPS) is 33.9. The Morgan fingerprint density at radius 1 is 0.526 bits per heavy atom. The lowest BCUT2D eigenvalue weighted by molar-refractivity contribution is -0.138. The number of carbonyl (C=O) groups excluding carboxylic acids is 4. The van der Waals surface area contributed by atoms with E-state index in [1.54, 1.807) is 0 Å². The molecule has 0 unspecified atom stereocenters. The number of amides is 4. The molecule has 14 heteroatoms. The number of carbonyl (C=O) groups is 4. The van der Waals surface area contributed by atoms with Crippen LogP contribution in [0.4, 0.5) is 0 Å². The first-order valence-corrected chi connectivity index (χ1v) is 23.7. The van der Waals surface area contributed by atoms with Gasteiger partial charge in [0.2, 0.25) is 0 Å². The van der Waals surface area contributed by atoms with Crippen molar-refractivity contribution in [2.75, 3.05) is 13.1 Å². The highest BCUT2D eigenvalue weighted by Crippen LogP contribution is 2.38. The van der Waals surface area contributed by atoms with Crippen molar-refractivity contribution in [3.05, 3.63) is 24.3 Å². The third-order valence-corrected chi connectivity index (χ3v) is 26.1. The van der Waals surface area contributed by atoms with Gasteiger partial charge in [0.05, 0.1) is 0 Å². The lowest BCUT2D eigenvalue weighted by Gasteiger charge is -2.50. The molecule has 0 aliphatic carbocycles. The van der Waals surface area contributed by atoms with Crippen LogP contribution in [0.15, 0.2) is 24.3 Å². The summed E-state index contributed by atoms with van der Waals surface area (Å²) < 4.78 is 27.9. The molecule has 3 aliphatic heterocycles. The Morgan fingerprint density at radius 2 is 0.789 bits per heavy atom. The Balaban J connectivity index is 1.76. The summed E-state index contributed by atoms with van der Waals surface area (Å²) in [5, 5.41) is 0. The van der Waals surface area contributed by atoms with E-state index >= 15 is 0 Å². The molecule has 212 valence electrons. The zero-order valence-corrected chi connectivity index (χ0v) is 27.5. The minimum Gasteiger partial charge on any atom is -0.416 e. The van der Waals surface area contributed by atoms with Crippen LogP contribution in [0.25, 0.3) is 0 Å². The summed E-state index contributed by atoms with van der Waals surface area (Å²) in [4.78, 5) is 50.5. The van der Waals surface area contributed by atoms with Crippen molar-refractivity contribution in [3.8, 4) is 0 Å². The molecule has 0 atom stereocenters. The van der Waals surface area contributed by atoms with Crippen LogP contribution in [0.3, 0.4) is 0 Å². The van der Waals surface area contributed by atoms with Gasteiger partial charge in [0, 0.05) is 37.4 Å². The largest absolute Gasteiger partial charge is 0.416 e. The lowest BCUT2D eigenvalue weighted by atomic mass is 10.4. The highest BCUT2D eigenvalue weighted by molar-refractivity contribution is 6.93. The first-order chi connectivity index (χ1) is 17.7. The molecule has 3 heterocycles. The second-order valence-electron chi connectivity index (χ2n) is 11.0. The van der Waals surface area contributed by atoms with Crippen LogP contribution in [0.2, 0.25) is 50.4 Å². The Morgan fingerprint density at radius 3 is 1.05 bits per heavy atom. The molecular formula is C24H42N2O8Si4. The fourth-order valence-electron chi connectivity index (χ4n) is 5.65. The van der Waals surface area contributed by atoms with Gasteiger partial charge < -0.3 is 16.5 Å². The maximum atomic E-state index is 12.0. The van der Waals surface area contributed by atoms with Crippen molar-refractivity contribution in [1.29, 1.82) is 0 Å². The summed E-state index contributed by atoms with van der Waals surface area (Å²) in [5.41, 5.74) is 0. The summed E-state index contributed by atoms with van der Waals surface area (Å²) in [6.45, 7) is 13.2. The molecule has 0 radical (unpaired) electrons. The van der Waals surface area contributed by atoms with Crippen molar-refractivity contribution >= 4 is 57.9 Å². The van der Waals surface area contributed by atoms with Gasteiger partial charge in [-0.3, -0.25) is 29.0 Å². The molecule has 0 saturated carbocycles. The van der Waals surface area contributed by atoms with E-state index in [-0.39, 0.29) is 23.6 Å². The Kier molecular flexibility index (Phi) is 10.1. The number of imide groups is 2. The second-order valence-corrected chi connectivity index (χ2v) is 25.3. The first-order valence-electron chi connectivity index (χ1n) is 13.6. The van der Waals surface area contributed by atoms with E-state index in [9.17, 15) is 19.2 Å². The summed E-state index contributed by atoms with van der Waals surface area (Å²) in [7, 11) is -11.0. The molecule has 0 aromatic heterocycles. The molecular weight excluding hydrogens is 557 g/mol. The monoisotopic (exact) mass is 598 g/mol. The first kappa shape index (κ1) is 31.0. The van der Waals surface area contributed by atoms with Crippen molar-refractivity contribution in [3.63, 3.8) is 0 Å². The summed E-state index contributed by atoms with van der Waals surface area (Å²) in [6, 6.07) is 2.83. The van der Waals surface area contributed by atoms with Crippen LogP contribution in [-0.4, -0.2) is 80.8 Å². The average Bonchev–Trinajstić information content (AvgIpc) is 3.27. The molecule has 0 bridgehead atoms. The Hall–Kier alpha value is -1.53. The average molecular weight is 599 g/mol. The van der Waals surface area contributed by atoms with E-state index in [2.05, 4.69) is 40.0 Å². The third-order valence-electron chi connectivity index (χ3n) is 6.96. The Labute approximate surface area is 230 Å². The third kappa shape index (κ3) is 7.77. The van der Waals surface area contributed by atoms with Crippen LogP contribution in [-0.2, 0) is 35.6 Å². The minimum atomic E-state index is -2.79. The van der Waals surface area contributed by atoms with Gasteiger partial charge in [-0.1, -0.05) is 26.7 Å². The topological polar surface area (TPSA) is 112 Å². The maximum absolute atomic E-state index is 12.0. The van der Waals surface area contributed by atoms with Gasteiger partial charge in [-0.15, -0.1) is 0 Å². The van der Waals surface area contributed by atoms with E-state index in [0.29, 0.717) is 38.0 Å². The fourth-order valence-corrected chi connectivity index (χ4v) is 29.1. The minimum absolute atomic E-state index is 0.279. The van der Waals surface area contributed by atoms with Crippen LogP contribution >= 0.6 is 0 Å². The molecule has 1 saturated heterocycles. The van der Waals surface area contributed by atoms with Gasteiger partial charge in [0.1, 0.15) is 0 Å². The fraction of sp³-hybridized carbons (Fsp3) is 0.667. The predicted octanol–water partition coefficient (Wildman–Crippen LogP) is 3.80. The number of nitrogens with zero attached hydrogens (tertiary/aromatic N) is 2. The number of hydrogen-bond acceptors (Lipinski definition) is 8. The van der Waals surface area contributed by atoms with E-state index < -0.39 is 34.2 Å². The highest BCUT2D eigenvalue weighted by atomic mass is 28.5. The SMILES string of the molecule is CCC[Si]1(C)O[Si](C)(CCCN2C(=O)C=CC2=O)O[Si](C)(CCC)O[Si](C)(CCCN2C(=O)C=CC2=O)O1. The van der Waals surface area contributed by atoms with Gasteiger partial charge >= 0.3 is 34.2 Å². The van der Waals surface area contributed by atoms with Crippen molar-refractivity contribution < 1.29 is 35.6 Å². The standard InChI is InChI=1S/C24H42N2O8Si4/c1-7-17-35(3)31-37(5,19-9-15-25-21(27)11-12-22(25)28)33-36(4,18-8-2)34-38(6,32-35)20-10-16-26-23(29)13-14-24(26)30/h11-14H,7-10,15-20H2,1-6H3. The van der Waals surface area contributed by atoms with Crippen molar-refractivity contribution in [2.45, 2.75) is 89.9 Å². The van der Waals surface area contributed by atoms with Gasteiger partial charge in [0.15, 0.2) is 0 Å². The lowest BCUT2D eigenvalue weighted by Crippen LogP contribution is -2.67. The summed E-state index contributed by atoms with van der Waals surface area (Å²) in [5.74, 6) is -1.12.